The predicted molar refractivity (Wildman–Crippen MR) is 103 cm³/mol. The van der Waals surface area contributed by atoms with Gasteiger partial charge in [0.25, 0.3) is 5.91 Å². The van der Waals surface area contributed by atoms with Gasteiger partial charge in [-0.15, -0.1) is 0 Å². The number of benzene rings is 2. The smallest absolute Gasteiger partial charge is 0.255 e. The quantitative estimate of drug-likeness (QED) is 0.569. The van der Waals surface area contributed by atoms with Crippen LogP contribution in [-0.2, 0) is 0 Å². The molecule has 1 amide bonds. The Kier molecular flexibility index (Phi) is 5.43. The van der Waals surface area contributed by atoms with E-state index in [1.807, 2.05) is 0 Å². The summed E-state index contributed by atoms with van der Waals surface area (Å²) in [6, 6.07) is 15.3. The van der Waals surface area contributed by atoms with Crippen molar-refractivity contribution in [3.8, 4) is 0 Å². The summed E-state index contributed by atoms with van der Waals surface area (Å²) in [6.07, 6.45) is 1.54. The third-order valence-electron chi connectivity index (χ3n) is 3.30. The number of anilines is 3. The first kappa shape index (κ1) is 17.5. The second kappa shape index (κ2) is 7.74. The van der Waals surface area contributed by atoms with Gasteiger partial charge < -0.3 is 10.6 Å². The molecule has 0 aliphatic rings. The van der Waals surface area contributed by atoms with Crippen molar-refractivity contribution in [2.45, 2.75) is 0 Å². The van der Waals surface area contributed by atoms with Crippen molar-refractivity contribution in [2.75, 3.05) is 10.6 Å². The van der Waals surface area contributed by atoms with E-state index in [0.29, 0.717) is 37.8 Å². The van der Waals surface area contributed by atoms with Gasteiger partial charge in [-0.3, -0.25) is 4.79 Å². The van der Waals surface area contributed by atoms with E-state index in [0.717, 1.165) is 0 Å². The fourth-order valence-corrected chi connectivity index (χ4v) is 2.63. The Morgan fingerprint density at radius 2 is 1.72 bits per heavy atom. The number of nitrogens with one attached hydrogen (secondary N) is 2. The summed E-state index contributed by atoms with van der Waals surface area (Å²) in [5, 5.41) is 7.44. The minimum atomic E-state index is -0.261. The van der Waals surface area contributed by atoms with Crippen LogP contribution in [0.3, 0.4) is 0 Å². The van der Waals surface area contributed by atoms with Gasteiger partial charge in [-0.2, -0.15) is 0 Å². The van der Waals surface area contributed by atoms with Crippen LogP contribution in [0.15, 0.2) is 60.8 Å². The molecule has 0 saturated heterocycles. The molecule has 4 nitrogen and oxygen atoms in total. The lowest BCUT2D eigenvalue weighted by atomic mass is 10.2. The van der Waals surface area contributed by atoms with Gasteiger partial charge in [-0.05, 0) is 48.5 Å². The molecule has 3 rings (SSSR count). The molecule has 1 aromatic heterocycles. The SMILES string of the molecule is O=C(Nc1ccc(Nc2cc(Cl)ccc2Cl)nc1)c1cccc(Cl)c1. The van der Waals surface area contributed by atoms with Crippen molar-refractivity contribution in [1.82, 2.24) is 4.98 Å². The molecule has 0 bridgehead atoms. The summed E-state index contributed by atoms with van der Waals surface area (Å²) in [5.41, 5.74) is 1.69. The number of aromatic nitrogens is 1. The highest BCUT2D eigenvalue weighted by atomic mass is 35.5. The molecular weight excluding hydrogens is 381 g/mol. The van der Waals surface area contributed by atoms with Gasteiger partial charge >= 0.3 is 0 Å². The van der Waals surface area contributed by atoms with Gasteiger partial charge in [-0.1, -0.05) is 40.9 Å². The Bertz CT molecular complexity index is 914. The summed E-state index contributed by atoms with van der Waals surface area (Å²) in [7, 11) is 0. The average molecular weight is 393 g/mol. The lowest BCUT2D eigenvalue weighted by Gasteiger charge is -2.09. The molecule has 7 heteroatoms. The molecule has 2 N–H and O–H groups in total. The Labute approximate surface area is 159 Å². The van der Waals surface area contributed by atoms with Crippen molar-refractivity contribution < 1.29 is 4.79 Å². The average Bonchev–Trinajstić information content (AvgIpc) is 2.60. The van der Waals surface area contributed by atoms with Crippen LogP contribution in [0.2, 0.25) is 15.1 Å². The number of nitrogens with zero attached hydrogens (tertiary/aromatic N) is 1. The second-order valence-electron chi connectivity index (χ2n) is 5.15. The van der Waals surface area contributed by atoms with E-state index >= 15 is 0 Å². The van der Waals surface area contributed by atoms with Gasteiger partial charge in [0.2, 0.25) is 0 Å². The van der Waals surface area contributed by atoms with E-state index in [2.05, 4.69) is 15.6 Å². The molecule has 2 aromatic carbocycles. The van der Waals surface area contributed by atoms with Crippen molar-refractivity contribution in [2.24, 2.45) is 0 Å². The highest BCUT2D eigenvalue weighted by Gasteiger charge is 2.07. The van der Waals surface area contributed by atoms with Crippen LogP contribution in [0.5, 0.6) is 0 Å². The molecule has 0 radical (unpaired) electrons. The topological polar surface area (TPSA) is 54.0 Å². The first-order valence-corrected chi connectivity index (χ1v) is 8.40. The summed E-state index contributed by atoms with van der Waals surface area (Å²) in [4.78, 5) is 16.4. The van der Waals surface area contributed by atoms with E-state index in [4.69, 9.17) is 34.8 Å². The molecule has 0 unspecified atom stereocenters. The number of carbonyl (C=O) groups is 1. The Hall–Kier alpha value is -2.27. The lowest BCUT2D eigenvalue weighted by Crippen LogP contribution is -2.12. The van der Waals surface area contributed by atoms with Crippen molar-refractivity contribution in [3.05, 3.63) is 81.4 Å². The Morgan fingerprint density at radius 3 is 2.44 bits per heavy atom. The second-order valence-corrected chi connectivity index (χ2v) is 6.43. The van der Waals surface area contributed by atoms with Crippen molar-refractivity contribution in [1.29, 1.82) is 0 Å². The number of amides is 1. The summed E-state index contributed by atoms with van der Waals surface area (Å²) in [5.74, 6) is 0.313. The third kappa shape index (κ3) is 4.63. The van der Waals surface area contributed by atoms with Gasteiger partial charge in [0, 0.05) is 15.6 Å². The predicted octanol–water partition coefficient (Wildman–Crippen LogP) is 6.04. The maximum Gasteiger partial charge on any atom is 0.255 e. The number of halogens is 3. The normalized spacial score (nSPS) is 10.4. The van der Waals surface area contributed by atoms with Gasteiger partial charge in [-0.25, -0.2) is 4.98 Å². The molecule has 0 atom stereocenters. The molecule has 1 heterocycles. The van der Waals surface area contributed by atoms with Gasteiger partial charge in [0.15, 0.2) is 0 Å². The molecule has 0 aliphatic heterocycles. The summed E-state index contributed by atoms with van der Waals surface area (Å²) < 4.78 is 0. The molecule has 0 fully saturated rings. The minimum absolute atomic E-state index is 0.261. The fourth-order valence-electron chi connectivity index (χ4n) is 2.11. The van der Waals surface area contributed by atoms with Crippen LogP contribution in [0.25, 0.3) is 0 Å². The maximum absolute atomic E-state index is 12.2. The van der Waals surface area contributed by atoms with Crippen LogP contribution in [0.1, 0.15) is 10.4 Å². The highest BCUT2D eigenvalue weighted by molar-refractivity contribution is 6.35. The largest absolute Gasteiger partial charge is 0.339 e. The molecule has 3 aromatic rings. The number of carbonyl (C=O) groups excluding carboxylic acids is 1. The number of pyridine rings is 1. The fraction of sp³-hybridized carbons (Fsp3) is 0. The van der Waals surface area contributed by atoms with E-state index in [-0.39, 0.29) is 5.91 Å². The number of rotatable bonds is 4. The lowest BCUT2D eigenvalue weighted by molar-refractivity contribution is 0.102. The van der Waals surface area contributed by atoms with Gasteiger partial charge in [0.1, 0.15) is 5.82 Å². The van der Waals surface area contributed by atoms with Gasteiger partial charge in [0.05, 0.1) is 22.6 Å². The molecule has 0 spiro atoms. The van der Waals surface area contributed by atoms with E-state index in [1.54, 1.807) is 60.8 Å². The number of hydrogen-bond donors (Lipinski definition) is 2. The number of hydrogen-bond acceptors (Lipinski definition) is 3. The standard InChI is InChI=1S/C18H12Cl3N3O/c19-12-3-1-2-11(8-12)18(25)23-14-5-7-17(22-10-14)24-16-9-13(20)4-6-15(16)21/h1-10H,(H,22,24)(H,23,25). The third-order valence-corrected chi connectivity index (χ3v) is 4.10. The van der Waals surface area contributed by atoms with Crippen LogP contribution in [0.4, 0.5) is 17.2 Å². The van der Waals surface area contributed by atoms with E-state index < -0.39 is 0 Å². The van der Waals surface area contributed by atoms with Crippen LogP contribution < -0.4 is 10.6 Å². The first-order valence-electron chi connectivity index (χ1n) is 7.26. The summed E-state index contributed by atoms with van der Waals surface area (Å²) >= 11 is 18.0. The zero-order valence-electron chi connectivity index (χ0n) is 12.8. The first-order chi connectivity index (χ1) is 12.0. The zero-order valence-corrected chi connectivity index (χ0v) is 15.0. The Balaban J connectivity index is 1.70. The van der Waals surface area contributed by atoms with Crippen LogP contribution in [0, 0.1) is 0 Å². The van der Waals surface area contributed by atoms with Crippen LogP contribution in [-0.4, -0.2) is 10.9 Å². The monoisotopic (exact) mass is 391 g/mol. The molecule has 25 heavy (non-hydrogen) atoms. The molecule has 126 valence electrons. The van der Waals surface area contributed by atoms with Crippen molar-refractivity contribution >= 4 is 57.9 Å². The van der Waals surface area contributed by atoms with Crippen LogP contribution >= 0.6 is 34.8 Å². The highest BCUT2D eigenvalue weighted by Crippen LogP contribution is 2.28. The molecule has 0 saturated carbocycles. The maximum atomic E-state index is 12.2. The zero-order chi connectivity index (χ0) is 17.8. The minimum Gasteiger partial charge on any atom is -0.339 e. The molecule has 0 aliphatic carbocycles. The van der Waals surface area contributed by atoms with E-state index in [9.17, 15) is 4.79 Å². The Morgan fingerprint density at radius 1 is 0.920 bits per heavy atom. The summed E-state index contributed by atoms with van der Waals surface area (Å²) in [6.45, 7) is 0. The molecular formula is C18H12Cl3N3O. The van der Waals surface area contributed by atoms with E-state index in [1.165, 1.54) is 0 Å². The van der Waals surface area contributed by atoms with Crippen molar-refractivity contribution in [3.63, 3.8) is 0 Å².